The fourth-order valence-electron chi connectivity index (χ4n) is 1.62. The van der Waals surface area contributed by atoms with E-state index in [1.54, 1.807) is 26.0 Å². The number of rotatable bonds is 8. The van der Waals surface area contributed by atoms with E-state index in [0.717, 1.165) is 5.56 Å². The highest BCUT2D eigenvalue weighted by Crippen LogP contribution is 2.10. The minimum atomic E-state index is -1.72. The number of ether oxygens (including phenoxy) is 3. The van der Waals surface area contributed by atoms with Gasteiger partial charge in [-0.05, 0) is 19.4 Å². The monoisotopic (exact) mass is 296 g/mol. The standard InChI is InChI=1S/C15H20O6/c1-3-19-14(17)12(16)13(15(18)20-4-2)21-10-11-8-6-5-7-9-11/h5-9,12-13,16H,3-4,10H2,1-2H3/t12-,13-/m0/s1. The van der Waals surface area contributed by atoms with Crippen LogP contribution in [0.15, 0.2) is 30.3 Å². The molecule has 0 saturated carbocycles. The zero-order chi connectivity index (χ0) is 15.7. The molecular formula is C15H20O6. The fourth-order valence-corrected chi connectivity index (χ4v) is 1.62. The van der Waals surface area contributed by atoms with Crippen molar-refractivity contribution in [2.45, 2.75) is 32.7 Å². The van der Waals surface area contributed by atoms with E-state index in [4.69, 9.17) is 9.47 Å². The van der Waals surface area contributed by atoms with Crippen LogP contribution in [0.3, 0.4) is 0 Å². The number of carbonyl (C=O) groups is 2. The van der Waals surface area contributed by atoms with E-state index in [1.165, 1.54) is 0 Å². The first-order valence-electron chi connectivity index (χ1n) is 6.77. The highest BCUT2D eigenvalue weighted by Gasteiger charge is 2.35. The summed E-state index contributed by atoms with van der Waals surface area (Å²) in [5.41, 5.74) is 0.808. The molecule has 0 aliphatic carbocycles. The summed E-state index contributed by atoms with van der Waals surface area (Å²) in [6, 6.07) is 9.09. The van der Waals surface area contributed by atoms with Crippen molar-refractivity contribution in [3.8, 4) is 0 Å². The second-order valence-electron chi connectivity index (χ2n) is 4.17. The maximum Gasteiger partial charge on any atom is 0.338 e. The molecule has 0 bridgehead atoms. The molecule has 0 saturated heterocycles. The Morgan fingerprint density at radius 3 is 2.19 bits per heavy atom. The Bertz CT molecular complexity index is 445. The molecule has 0 unspecified atom stereocenters. The molecule has 1 aromatic carbocycles. The van der Waals surface area contributed by atoms with Gasteiger partial charge in [-0.25, -0.2) is 9.59 Å². The van der Waals surface area contributed by atoms with Gasteiger partial charge in [-0.15, -0.1) is 0 Å². The van der Waals surface area contributed by atoms with Crippen LogP contribution in [0.5, 0.6) is 0 Å². The Morgan fingerprint density at radius 1 is 1.05 bits per heavy atom. The van der Waals surface area contributed by atoms with Crippen molar-refractivity contribution in [2.75, 3.05) is 13.2 Å². The molecule has 0 aliphatic heterocycles. The fraction of sp³-hybridized carbons (Fsp3) is 0.467. The molecule has 116 valence electrons. The van der Waals surface area contributed by atoms with Gasteiger partial charge in [0.25, 0.3) is 0 Å². The molecule has 0 heterocycles. The molecule has 1 rings (SSSR count). The second kappa shape index (κ2) is 9.10. The molecule has 1 N–H and O–H groups in total. The summed E-state index contributed by atoms with van der Waals surface area (Å²) in [5.74, 6) is -1.71. The van der Waals surface area contributed by atoms with Gasteiger partial charge in [0.1, 0.15) is 0 Å². The quantitative estimate of drug-likeness (QED) is 0.722. The van der Waals surface area contributed by atoms with Crippen molar-refractivity contribution >= 4 is 11.9 Å². The minimum Gasteiger partial charge on any atom is -0.464 e. The summed E-state index contributed by atoms with van der Waals surface area (Å²) in [6.45, 7) is 3.53. The number of aliphatic hydroxyl groups is 1. The normalized spacial score (nSPS) is 13.3. The largest absolute Gasteiger partial charge is 0.464 e. The Hall–Kier alpha value is -1.92. The van der Waals surface area contributed by atoms with Gasteiger partial charge in [0, 0.05) is 0 Å². The van der Waals surface area contributed by atoms with E-state index in [-0.39, 0.29) is 19.8 Å². The van der Waals surface area contributed by atoms with Crippen LogP contribution in [0.2, 0.25) is 0 Å². The van der Waals surface area contributed by atoms with Gasteiger partial charge >= 0.3 is 11.9 Å². The molecule has 2 atom stereocenters. The number of hydrogen-bond donors (Lipinski definition) is 1. The van der Waals surface area contributed by atoms with E-state index < -0.39 is 24.1 Å². The first-order chi connectivity index (χ1) is 10.1. The highest BCUT2D eigenvalue weighted by atomic mass is 16.6. The number of aliphatic hydroxyl groups excluding tert-OH is 1. The van der Waals surface area contributed by atoms with Gasteiger partial charge in [0.05, 0.1) is 19.8 Å². The van der Waals surface area contributed by atoms with Crippen molar-refractivity contribution in [1.29, 1.82) is 0 Å². The first kappa shape index (κ1) is 17.1. The van der Waals surface area contributed by atoms with Crippen LogP contribution in [0.4, 0.5) is 0 Å². The number of carbonyl (C=O) groups excluding carboxylic acids is 2. The van der Waals surface area contributed by atoms with Crippen LogP contribution in [0.25, 0.3) is 0 Å². The smallest absolute Gasteiger partial charge is 0.338 e. The molecule has 1 aromatic rings. The third kappa shape index (κ3) is 5.53. The molecule has 0 aromatic heterocycles. The summed E-state index contributed by atoms with van der Waals surface area (Å²) in [4.78, 5) is 23.3. The Morgan fingerprint density at radius 2 is 1.62 bits per heavy atom. The van der Waals surface area contributed by atoms with Gasteiger partial charge in [0.15, 0.2) is 12.2 Å². The summed E-state index contributed by atoms with van der Waals surface area (Å²) < 4.78 is 14.8. The van der Waals surface area contributed by atoms with E-state index in [0.29, 0.717) is 0 Å². The maximum atomic E-state index is 11.8. The maximum absolute atomic E-state index is 11.8. The summed E-state index contributed by atoms with van der Waals surface area (Å²) in [6.07, 6.45) is -3.13. The Kier molecular flexibility index (Phi) is 7.42. The molecular weight excluding hydrogens is 276 g/mol. The number of hydrogen-bond acceptors (Lipinski definition) is 6. The zero-order valence-corrected chi connectivity index (χ0v) is 12.2. The van der Waals surface area contributed by atoms with Gasteiger partial charge in [-0.2, -0.15) is 0 Å². The lowest BCUT2D eigenvalue weighted by molar-refractivity contribution is -0.178. The molecule has 0 radical (unpaired) electrons. The van der Waals surface area contributed by atoms with Crippen LogP contribution < -0.4 is 0 Å². The van der Waals surface area contributed by atoms with Crippen LogP contribution in [0, 0.1) is 0 Å². The van der Waals surface area contributed by atoms with Crippen LogP contribution in [0.1, 0.15) is 19.4 Å². The third-order valence-corrected chi connectivity index (χ3v) is 2.61. The number of benzene rings is 1. The average Bonchev–Trinajstić information content (AvgIpc) is 2.49. The van der Waals surface area contributed by atoms with Crippen molar-refractivity contribution in [3.63, 3.8) is 0 Å². The Balaban J connectivity index is 2.72. The minimum absolute atomic E-state index is 0.0702. The average molecular weight is 296 g/mol. The lowest BCUT2D eigenvalue weighted by atomic mass is 10.2. The van der Waals surface area contributed by atoms with Gasteiger partial charge < -0.3 is 19.3 Å². The topological polar surface area (TPSA) is 82.1 Å². The predicted octanol–water partition coefficient (Wildman–Crippen LogP) is 1.06. The van der Waals surface area contributed by atoms with Crippen molar-refractivity contribution in [3.05, 3.63) is 35.9 Å². The van der Waals surface area contributed by atoms with Crippen LogP contribution >= 0.6 is 0 Å². The molecule has 0 amide bonds. The molecule has 21 heavy (non-hydrogen) atoms. The number of esters is 2. The SMILES string of the molecule is CCOC(=O)[C@@H](O)[C@H](OCc1ccccc1)C(=O)OCC. The van der Waals surface area contributed by atoms with Crippen molar-refractivity contribution < 1.29 is 28.9 Å². The predicted molar refractivity (Wildman–Crippen MR) is 74.3 cm³/mol. The van der Waals surface area contributed by atoms with Gasteiger partial charge in [-0.1, -0.05) is 30.3 Å². The molecule has 0 fully saturated rings. The van der Waals surface area contributed by atoms with Gasteiger partial charge in [0.2, 0.25) is 0 Å². The summed E-state index contributed by atoms with van der Waals surface area (Å²) in [5, 5.41) is 9.88. The van der Waals surface area contributed by atoms with Crippen molar-refractivity contribution in [2.24, 2.45) is 0 Å². The summed E-state index contributed by atoms with van der Waals surface area (Å²) in [7, 11) is 0. The second-order valence-corrected chi connectivity index (χ2v) is 4.17. The lowest BCUT2D eigenvalue weighted by Crippen LogP contribution is -2.43. The van der Waals surface area contributed by atoms with E-state index in [1.807, 2.05) is 18.2 Å². The lowest BCUT2D eigenvalue weighted by Gasteiger charge is -2.20. The van der Waals surface area contributed by atoms with E-state index in [2.05, 4.69) is 4.74 Å². The molecule has 0 aliphatic rings. The molecule has 6 nitrogen and oxygen atoms in total. The first-order valence-corrected chi connectivity index (χ1v) is 6.77. The third-order valence-electron chi connectivity index (χ3n) is 2.61. The van der Waals surface area contributed by atoms with Crippen molar-refractivity contribution in [1.82, 2.24) is 0 Å². The zero-order valence-electron chi connectivity index (χ0n) is 12.2. The molecule has 6 heteroatoms. The van der Waals surface area contributed by atoms with E-state index in [9.17, 15) is 14.7 Å². The van der Waals surface area contributed by atoms with Crippen LogP contribution in [-0.2, 0) is 30.4 Å². The highest BCUT2D eigenvalue weighted by molar-refractivity contribution is 5.85. The Labute approximate surface area is 123 Å². The summed E-state index contributed by atoms with van der Waals surface area (Å²) >= 11 is 0. The van der Waals surface area contributed by atoms with E-state index >= 15 is 0 Å². The molecule has 0 spiro atoms. The van der Waals surface area contributed by atoms with Gasteiger partial charge in [-0.3, -0.25) is 0 Å². The van der Waals surface area contributed by atoms with Crippen LogP contribution in [-0.4, -0.2) is 42.5 Å².